The number of benzene rings is 1. The molecule has 0 fully saturated rings. The number of nitrogens with zero attached hydrogens (tertiary/aromatic N) is 1. The Balaban J connectivity index is 2.96. The highest BCUT2D eigenvalue weighted by molar-refractivity contribution is 7.89. The number of nitrogens with two attached hydrogens (primary N) is 1. The van der Waals surface area contributed by atoms with Gasteiger partial charge in [-0.15, -0.1) is 0 Å². The Bertz CT molecular complexity index is 575. The summed E-state index contributed by atoms with van der Waals surface area (Å²) in [6.07, 6.45) is 0.508. The summed E-state index contributed by atoms with van der Waals surface area (Å²) in [6, 6.07) is 3.29. The molecule has 20 heavy (non-hydrogen) atoms. The molecule has 4 N–H and O–H groups in total. The normalized spacial score (nSPS) is 11.3. The fourth-order valence-electron chi connectivity index (χ4n) is 1.48. The molecule has 1 rings (SSSR count). The van der Waals surface area contributed by atoms with Crippen LogP contribution in [0.3, 0.4) is 0 Å². The van der Waals surface area contributed by atoms with Gasteiger partial charge < -0.3 is 10.2 Å². The van der Waals surface area contributed by atoms with Gasteiger partial charge in [-0.05, 0) is 12.5 Å². The number of nitrogens with one attached hydrogen (secondary N) is 2. The van der Waals surface area contributed by atoms with Crippen molar-refractivity contribution in [2.45, 2.75) is 11.3 Å². The van der Waals surface area contributed by atoms with Gasteiger partial charge in [0.1, 0.15) is 4.90 Å². The van der Waals surface area contributed by atoms with Crippen molar-refractivity contribution in [3.63, 3.8) is 0 Å². The third-order valence-corrected chi connectivity index (χ3v) is 3.96. The van der Waals surface area contributed by atoms with Crippen LogP contribution in [0.5, 0.6) is 0 Å². The highest BCUT2D eigenvalue weighted by atomic mass is 32.2. The molecule has 0 spiro atoms. The van der Waals surface area contributed by atoms with Crippen LogP contribution in [0, 0.1) is 10.1 Å². The smallest absolute Gasteiger partial charge is 0.271 e. The van der Waals surface area contributed by atoms with E-state index in [1.54, 1.807) is 0 Å². The average Bonchev–Trinajstić information content (AvgIpc) is 2.42. The summed E-state index contributed by atoms with van der Waals surface area (Å²) in [6.45, 7) is 0.613. The van der Waals surface area contributed by atoms with E-state index < -0.39 is 14.9 Å². The number of nitro benzene ring substituents is 1. The SMILES string of the molecule is COCCCNS(=O)(=O)c1ccc([N+](=O)[O-])cc1NN. The van der Waals surface area contributed by atoms with Crippen molar-refractivity contribution >= 4 is 21.4 Å². The Hall–Kier alpha value is -1.75. The molecule has 0 aromatic heterocycles. The molecular weight excluding hydrogens is 288 g/mol. The molecule has 0 heterocycles. The fourth-order valence-corrected chi connectivity index (χ4v) is 2.70. The van der Waals surface area contributed by atoms with E-state index in [9.17, 15) is 18.5 Å². The number of hydrazine groups is 1. The lowest BCUT2D eigenvalue weighted by Gasteiger charge is -2.10. The Kier molecular flexibility index (Phi) is 5.82. The van der Waals surface area contributed by atoms with E-state index in [1.807, 2.05) is 0 Å². The van der Waals surface area contributed by atoms with Gasteiger partial charge >= 0.3 is 0 Å². The van der Waals surface area contributed by atoms with Crippen LogP contribution in [0.25, 0.3) is 0 Å². The minimum absolute atomic E-state index is 0.0431. The van der Waals surface area contributed by atoms with E-state index in [-0.39, 0.29) is 22.8 Å². The second kappa shape index (κ2) is 7.14. The Morgan fingerprint density at radius 1 is 1.45 bits per heavy atom. The van der Waals surface area contributed by atoms with Crippen LogP contribution in [0.1, 0.15) is 6.42 Å². The maximum atomic E-state index is 12.0. The Morgan fingerprint density at radius 2 is 2.15 bits per heavy atom. The number of hydrogen-bond acceptors (Lipinski definition) is 7. The minimum Gasteiger partial charge on any atom is -0.385 e. The predicted octanol–water partition coefficient (Wildman–Crippen LogP) is 0.195. The lowest BCUT2D eigenvalue weighted by atomic mass is 10.3. The summed E-state index contributed by atoms with van der Waals surface area (Å²) in [5.74, 6) is 5.21. The van der Waals surface area contributed by atoms with Gasteiger partial charge in [-0.25, -0.2) is 13.1 Å². The molecule has 0 aliphatic heterocycles. The number of sulfonamides is 1. The number of hydrogen-bond donors (Lipinski definition) is 3. The highest BCUT2D eigenvalue weighted by Crippen LogP contribution is 2.25. The first-order chi connectivity index (χ1) is 9.42. The van der Waals surface area contributed by atoms with Crippen LogP contribution in [0.2, 0.25) is 0 Å². The summed E-state index contributed by atoms with van der Waals surface area (Å²) >= 11 is 0. The maximum absolute atomic E-state index is 12.0. The number of methoxy groups -OCH3 is 1. The monoisotopic (exact) mass is 304 g/mol. The quantitative estimate of drug-likeness (QED) is 0.270. The molecule has 0 amide bonds. The molecule has 0 bridgehead atoms. The first kappa shape index (κ1) is 16.3. The first-order valence-electron chi connectivity index (χ1n) is 5.66. The third-order valence-electron chi connectivity index (χ3n) is 2.44. The number of non-ortho nitro benzene ring substituents is 1. The van der Waals surface area contributed by atoms with Crippen LogP contribution < -0.4 is 16.0 Å². The van der Waals surface area contributed by atoms with E-state index in [0.717, 1.165) is 18.2 Å². The molecule has 9 nitrogen and oxygen atoms in total. The average molecular weight is 304 g/mol. The molecule has 1 aromatic rings. The Labute approximate surface area is 116 Å². The largest absolute Gasteiger partial charge is 0.385 e. The molecule has 0 radical (unpaired) electrons. The molecule has 0 atom stereocenters. The van der Waals surface area contributed by atoms with Gasteiger partial charge in [0.25, 0.3) is 5.69 Å². The van der Waals surface area contributed by atoms with Gasteiger partial charge in [0.15, 0.2) is 0 Å². The van der Waals surface area contributed by atoms with Crippen LogP contribution in [0.15, 0.2) is 23.1 Å². The standard InChI is InChI=1S/C10H16N4O5S/c1-19-6-2-5-12-20(17,18)10-4-3-8(14(15)16)7-9(10)13-11/h3-4,7,12-13H,2,5-6,11H2,1H3. The summed E-state index contributed by atoms with van der Waals surface area (Å²) < 4.78 is 31.2. The molecular formula is C10H16N4O5S. The fraction of sp³-hybridized carbons (Fsp3) is 0.400. The summed E-state index contributed by atoms with van der Waals surface area (Å²) in [4.78, 5) is 9.85. The molecule has 0 aliphatic carbocycles. The molecule has 0 saturated heterocycles. The van der Waals surface area contributed by atoms with Crippen molar-refractivity contribution < 1.29 is 18.1 Å². The number of anilines is 1. The van der Waals surface area contributed by atoms with E-state index in [2.05, 4.69) is 10.1 Å². The topological polar surface area (TPSA) is 137 Å². The van der Waals surface area contributed by atoms with Crippen LogP contribution in [-0.2, 0) is 14.8 Å². The zero-order valence-corrected chi connectivity index (χ0v) is 11.6. The molecule has 112 valence electrons. The number of nitrogen functional groups attached to an aromatic ring is 1. The number of nitro groups is 1. The van der Waals surface area contributed by atoms with Crippen LogP contribution in [0.4, 0.5) is 11.4 Å². The van der Waals surface area contributed by atoms with Gasteiger partial charge in [-0.1, -0.05) is 0 Å². The molecule has 1 aromatic carbocycles. The lowest BCUT2D eigenvalue weighted by molar-refractivity contribution is -0.384. The van der Waals surface area contributed by atoms with Gasteiger partial charge in [-0.3, -0.25) is 16.0 Å². The van der Waals surface area contributed by atoms with Gasteiger partial charge in [0.05, 0.1) is 10.6 Å². The maximum Gasteiger partial charge on any atom is 0.271 e. The number of rotatable bonds is 8. The molecule has 10 heteroatoms. The summed E-state index contributed by atoms with van der Waals surface area (Å²) in [5, 5.41) is 10.6. The molecule has 0 aliphatic rings. The zero-order chi connectivity index (χ0) is 15.2. The van der Waals surface area contributed by atoms with Gasteiger partial charge in [0.2, 0.25) is 10.0 Å². The van der Waals surface area contributed by atoms with Crippen molar-refractivity contribution in [2.75, 3.05) is 25.7 Å². The Morgan fingerprint density at radius 3 is 2.70 bits per heavy atom. The van der Waals surface area contributed by atoms with Crippen molar-refractivity contribution in [1.82, 2.24) is 4.72 Å². The van der Waals surface area contributed by atoms with Gasteiger partial charge in [-0.2, -0.15) is 0 Å². The van der Waals surface area contributed by atoms with Crippen molar-refractivity contribution in [1.29, 1.82) is 0 Å². The summed E-state index contributed by atoms with van der Waals surface area (Å²) in [5.41, 5.74) is 1.85. The lowest BCUT2D eigenvalue weighted by Crippen LogP contribution is -2.27. The van der Waals surface area contributed by atoms with E-state index in [0.29, 0.717) is 13.0 Å². The first-order valence-corrected chi connectivity index (χ1v) is 7.14. The minimum atomic E-state index is -3.80. The molecule has 0 saturated carbocycles. The molecule has 0 unspecified atom stereocenters. The van der Waals surface area contributed by atoms with Crippen molar-refractivity contribution in [2.24, 2.45) is 5.84 Å². The van der Waals surface area contributed by atoms with Crippen LogP contribution >= 0.6 is 0 Å². The highest BCUT2D eigenvalue weighted by Gasteiger charge is 2.20. The van der Waals surface area contributed by atoms with Crippen molar-refractivity contribution in [3.05, 3.63) is 28.3 Å². The summed E-state index contributed by atoms with van der Waals surface area (Å²) in [7, 11) is -2.28. The van der Waals surface area contributed by atoms with Gasteiger partial charge in [0, 0.05) is 32.4 Å². The number of ether oxygens (including phenoxy) is 1. The predicted molar refractivity (Wildman–Crippen MR) is 72.6 cm³/mol. The zero-order valence-electron chi connectivity index (χ0n) is 10.8. The second-order valence-electron chi connectivity index (χ2n) is 3.83. The van der Waals surface area contributed by atoms with E-state index >= 15 is 0 Å². The second-order valence-corrected chi connectivity index (χ2v) is 5.56. The van der Waals surface area contributed by atoms with Crippen molar-refractivity contribution in [3.8, 4) is 0 Å². The van der Waals surface area contributed by atoms with E-state index in [4.69, 9.17) is 10.6 Å². The van der Waals surface area contributed by atoms with E-state index in [1.165, 1.54) is 7.11 Å². The van der Waals surface area contributed by atoms with Crippen LogP contribution in [-0.4, -0.2) is 33.6 Å². The third kappa shape index (κ3) is 4.13.